The van der Waals surface area contributed by atoms with Crippen LogP contribution in [0.25, 0.3) is 0 Å². The molecule has 1 aliphatic heterocycles. The van der Waals surface area contributed by atoms with Crippen molar-refractivity contribution in [3.63, 3.8) is 0 Å². The largest absolute Gasteiger partial charge is 0.490 e. The van der Waals surface area contributed by atoms with Crippen molar-refractivity contribution in [2.75, 3.05) is 19.6 Å². The highest BCUT2D eigenvalue weighted by molar-refractivity contribution is 5.89. The van der Waals surface area contributed by atoms with Gasteiger partial charge in [0.05, 0.1) is 0 Å². The van der Waals surface area contributed by atoms with Gasteiger partial charge in [-0.2, -0.15) is 0 Å². The van der Waals surface area contributed by atoms with E-state index in [0.29, 0.717) is 18.1 Å². The maximum absolute atomic E-state index is 13.1. The topological polar surface area (TPSA) is 87.1 Å². The van der Waals surface area contributed by atoms with Crippen LogP contribution in [0.1, 0.15) is 30.7 Å². The zero-order chi connectivity index (χ0) is 22.9. The van der Waals surface area contributed by atoms with Crippen LogP contribution in [0.4, 0.5) is 4.39 Å². The molecule has 2 N–H and O–H groups in total. The van der Waals surface area contributed by atoms with E-state index in [9.17, 15) is 14.0 Å². The van der Waals surface area contributed by atoms with Crippen LogP contribution in [0.15, 0.2) is 66.7 Å². The maximum Gasteiger partial charge on any atom is 0.328 e. The summed E-state index contributed by atoms with van der Waals surface area (Å²) in [6, 6.07) is 17.1. The minimum Gasteiger partial charge on any atom is -0.490 e. The molecule has 2 aromatic rings. The van der Waals surface area contributed by atoms with Crippen molar-refractivity contribution < 1.29 is 28.9 Å². The molecule has 0 radical (unpaired) electrons. The van der Waals surface area contributed by atoms with Crippen LogP contribution in [0.3, 0.4) is 0 Å². The molecule has 2 aliphatic rings. The Morgan fingerprint density at radius 2 is 1.59 bits per heavy atom. The van der Waals surface area contributed by atoms with Gasteiger partial charge in [0.1, 0.15) is 17.7 Å². The molecule has 170 valence electrons. The molecule has 1 aliphatic carbocycles. The van der Waals surface area contributed by atoms with E-state index in [1.807, 2.05) is 0 Å². The summed E-state index contributed by atoms with van der Waals surface area (Å²) >= 11 is 0. The normalized spacial score (nSPS) is 20.9. The number of benzene rings is 2. The number of carboxylic acids is 2. The predicted molar refractivity (Wildman–Crippen MR) is 118 cm³/mol. The van der Waals surface area contributed by atoms with Crippen molar-refractivity contribution in [1.82, 2.24) is 4.90 Å². The number of hydrogen-bond donors (Lipinski definition) is 2. The number of carboxylic acid groups (broad SMARTS) is 2. The number of ether oxygens (including phenoxy) is 1. The molecule has 2 fully saturated rings. The maximum atomic E-state index is 13.1. The van der Waals surface area contributed by atoms with Crippen molar-refractivity contribution in [3.8, 4) is 5.75 Å². The first-order chi connectivity index (χ1) is 15.4. The third-order valence-electron chi connectivity index (χ3n) is 5.54. The molecule has 4 rings (SSSR count). The molecule has 1 heterocycles. The van der Waals surface area contributed by atoms with Gasteiger partial charge in [0.15, 0.2) is 0 Å². The highest BCUT2D eigenvalue weighted by atomic mass is 19.1. The van der Waals surface area contributed by atoms with Crippen molar-refractivity contribution in [1.29, 1.82) is 0 Å². The molecule has 6 nitrogen and oxygen atoms in total. The SMILES string of the molecule is Fc1ccc(OC2CCN(CC3CC3)CC2c2ccccc2)cc1.O=C(O)C=CC(=O)O. The van der Waals surface area contributed by atoms with E-state index in [-0.39, 0.29) is 11.9 Å². The van der Waals surface area contributed by atoms with Crippen molar-refractivity contribution in [2.45, 2.75) is 31.3 Å². The quantitative estimate of drug-likeness (QED) is 0.627. The lowest BCUT2D eigenvalue weighted by Gasteiger charge is -2.39. The summed E-state index contributed by atoms with van der Waals surface area (Å²) in [4.78, 5) is 21.7. The number of piperidine rings is 1. The van der Waals surface area contributed by atoms with Crippen LogP contribution >= 0.6 is 0 Å². The van der Waals surface area contributed by atoms with Crippen LogP contribution in [0.5, 0.6) is 5.75 Å². The Morgan fingerprint density at radius 1 is 0.969 bits per heavy atom. The van der Waals surface area contributed by atoms with Crippen LogP contribution < -0.4 is 4.74 Å². The second-order valence-corrected chi connectivity index (χ2v) is 8.13. The number of halogens is 1. The highest BCUT2D eigenvalue weighted by Gasteiger charge is 2.34. The number of carbonyl (C=O) groups is 2. The Balaban J connectivity index is 0.000000312. The van der Waals surface area contributed by atoms with Crippen LogP contribution in [-0.2, 0) is 9.59 Å². The van der Waals surface area contributed by atoms with E-state index in [1.54, 1.807) is 12.1 Å². The highest BCUT2D eigenvalue weighted by Crippen LogP contribution is 2.35. The summed E-state index contributed by atoms with van der Waals surface area (Å²) in [5.74, 6) is -0.696. The number of hydrogen-bond acceptors (Lipinski definition) is 4. The lowest BCUT2D eigenvalue weighted by molar-refractivity contribution is -0.134. The summed E-state index contributed by atoms with van der Waals surface area (Å²) in [5, 5.41) is 15.6. The van der Waals surface area contributed by atoms with Gasteiger partial charge in [-0.15, -0.1) is 0 Å². The van der Waals surface area contributed by atoms with Gasteiger partial charge < -0.3 is 19.8 Å². The van der Waals surface area contributed by atoms with Gasteiger partial charge in [-0.25, -0.2) is 14.0 Å². The van der Waals surface area contributed by atoms with Crippen LogP contribution in [-0.4, -0.2) is 52.8 Å². The zero-order valence-corrected chi connectivity index (χ0v) is 17.8. The van der Waals surface area contributed by atoms with E-state index in [4.69, 9.17) is 14.9 Å². The zero-order valence-electron chi connectivity index (χ0n) is 17.8. The second kappa shape index (κ2) is 11.4. The summed E-state index contributed by atoms with van der Waals surface area (Å²) in [6.45, 7) is 3.37. The van der Waals surface area contributed by atoms with E-state index in [1.165, 1.54) is 37.1 Å². The van der Waals surface area contributed by atoms with Crippen molar-refractivity contribution >= 4 is 11.9 Å². The molecular formula is C25H28FNO5. The Morgan fingerprint density at radius 3 is 2.16 bits per heavy atom. The Bertz CT molecular complexity index is 896. The Kier molecular flexibility index (Phi) is 8.39. The molecule has 2 atom stereocenters. The van der Waals surface area contributed by atoms with Gasteiger partial charge in [0.2, 0.25) is 0 Å². The fourth-order valence-corrected chi connectivity index (χ4v) is 3.82. The molecule has 2 unspecified atom stereocenters. The third-order valence-corrected chi connectivity index (χ3v) is 5.54. The first-order valence-electron chi connectivity index (χ1n) is 10.7. The first kappa shape index (κ1) is 23.5. The van der Waals surface area contributed by atoms with Gasteiger partial charge in [-0.1, -0.05) is 30.3 Å². The monoisotopic (exact) mass is 441 g/mol. The molecule has 32 heavy (non-hydrogen) atoms. The molecule has 0 spiro atoms. The van der Waals surface area contributed by atoms with E-state index < -0.39 is 11.9 Å². The molecule has 0 amide bonds. The van der Waals surface area contributed by atoms with Crippen LogP contribution in [0.2, 0.25) is 0 Å². The minimum atomic E-state index is -1.26. The van der Waals surface area contributed by atoms with E-state index in [0.717, 1.165) is 31.2 Å². The van der Waals surface area contributed by atoms with Gasteiger partial charge in [0.25, 0.3) is 0 Å². The smallest absolute Gasteiger partial charge is 0.328 e. The molecule has 1 saturated carbocycles. The second-order valence-electron chi connectivity index (χ2n) is 8.13. The van der Waals surface area contributed by atoms with Gasteiger partial charge in [0, 0.05) is 37.7 Å². The third kappa shape index (κ3) is 7.81. The first-order valence-corrected chi connectivity index (χ1v) is 10.7. The molecular weight excluding hydrogens is 413 g/mol. The average Bonchev–Trinajstić information content (AvgIpc) is 3.60. The number of rotatable bonds is 7. The molecule has 7 heteroatoms. The van der Waals surface area contributed by atoms with Crippen molar-refractivity contribution in [3.05, 3.63) is 78.1 Å². The molecule has 2 aromatic carbocycles. The number of nitrogens with zero attached hydrogens (tertiary/aromatic N) is 1. The predicted octanol–water partition coefficient (Wildman–Crippen LogP) is 4.18. The minimum absolute atomic E-state index is 0.147. The average molecular weight is 441 g/mol. The summed E-state index contributed by atoms with van der Waals surface area (Å²) < 4.78 is 19.4. The number of likely N-dealkylation sites (tertiary alicyclic amines) is 1. The van der Waals surface area contributed by atoms with Gasteiger partial charge in [-0.3, -0.25) is 0 Å². The molecule has 1 saturated heterocycles. The van der Waals surface area contributed by atoms with Gasteiger partial charge >= 0.3 is 11.9 Å². The van der Waals surface area contributed by atoms with Gasteiger partial charge in [-0.05, 0) is 55.0 Å². The Labute approximate surface area is 186 Å². The van der Waals surface area contributed by atoms with E-state index in [2.05, 4.69) is 35.2 Å². The fourth-order valence-electron chi connectivity index (χ4n) is 3.82. The van der Waals surface area contributed by atoms with Crippen molar-refractivity contribution in [2.24, 2.45) is 5.92 Å². The Hall–Kier alpha value is -3.19. The fraction of sp³-hybridized carbons (Fsp3) is 0.360. The summed E-state index contributed by atoms with van der Waals surface area (Å²) in [6.07, 6.45) is 5.06. The molecule has 0 bridgehead atoms. The summed E-state index contributed by atoms with van der Waals surface area (Å²) in [7, 11) is 0. The lowest BCUT2D eigenvalue weighted by atomic mass is 9.87. The molecule has 0 aromatic heterocycles. The van der Waals surface area contributed by atoms with E-state index >= 15 is 0 Å². The van der Waals surface area contributed by atoms with Crippen LogP contribution in [0, 0.1) is 11.7 Å². The summed E-state index contributed by atoms with van der Waals surface area (Å²) in [5.41, 5.74) is 1.34. The number of aliphatic carboxylic acids is 2. The lowest BCUT2D eigenvalue weighted by Crippen LogP contribution is -2.44. The standard InChI is InChI=1S/C21H24FNO.C4H4O4/c22-18-8-10-19(11-9-18)24-21-12-13-23(14-16-6-7-16)15-20(21)17-4-2-1-3-5-17;5-3(6)1-2-4(7)8/h1-5,8-11,16,20-21H,6-7,12-15H2;1-2H,(H,5,6)(H,7,8).